The van der Waals surface area contributed by atoms with Crippen molar-refractivity contribution in [2.24, 2.45) is 0 Å². The molecule has 0 fully saturated rings. The molecule has 122 valence electrons. The molecule has 0 bridgehead atoms. The van der Waals surface area contributed by atoms with E-state index in [-0.39, 0.29) is 5.91 Å². The molecule has 2 amide bonds. The van der Waals surface area contributed by atoms with Crippen molar-refractivity contribution in [1.82, 2.24) is 5.32 Å². The molecule has 0 aliphatic carbocycles. The molecule has 0 spiro atoms. The van der Waals surface area contributed by atoms with Crippen LogP contribution in [0.4, 0.5) is 10.5 Å². The molecule has 0 saturated carbocycles. The SMILES string of the molecule is Cc1ccc(NC(=O)CCCNC(=O)OC(C)(C)C)cc1I. The topological polar surface area (TPSA) is 67.4 Å². The van der Waals surface area contributed by atoms with Crippen molar-refractivity contribution in [1.29, 1.82) is 0 Å². The minimum absolute atomic E-state index is 0.0642. The predicted molar refractivity (Wildman–Crippen MR) is 96.0 cm³/mol. The number of amides is 2. The van der Waals surface area contributed by atoms with Crippen molar-refractivity contribution in [2.75, 3.05) is 11.9 Å². The van der Waals surface area contributed by atoms with Crippen LogP contribution in [0.15, 0.2) is 18.2 Å². The van der Waals surface area contributed by atoms with Gasteiger partial charge in [-0.25, -0.2) is 4.79 Å². The standard InChI is InChI=1S/C16H23IN2O3/c1-11-7-8-12(10-13(11)17)19-14(20)6-5-9-18-15(21)22-16(2,3)4/h7-8,10H,5-6,9H2,1-4H3,(H,18,21)(H,19,20). The summed E-state index contributed by atoms with van der Waals surface area (Å²) in [4.78, 5) is 23.3. The van der Waals surface area contributed by atoms with E-state index in [4.69, 9.17) is 4.74 Å². The lowest BCUT2D eigenvalue weighted by molar-refractivity contribution is -0.116. The number of halogens is 1. The average Bonchev–Trinajstić information content (AvgIpc) is 2.37. The van der Waals surface area contributed by atoms with Crippen LogP contribution in [0.25, 0.3) is 0 Å². The highest BCUT2D eigenvalue weighted by Gasteiger charge is 2.15. The van der Waals surface area contributed by atoms with E-state index in [0.717, 1.165) is 9.26 Å². The summed E-state index contributed by atoms with van der Waals surface area (Å²) >= 11 is 2.24. The Morgan fingerprint density at radius 2 is 1.95 bits per heavy atom. The van der Waals surface area contributed by atoms with E-state index in [1.165, 1.54) is 5.56 Å². The third-order valence-electron chi connectivity index (χ3n) is 2.70. The van der Waals surface area contributed by atoms with Gasteiger partial charge in [0.05, 0.1) is 0 Å². The third-order valence-corrected chi connectivity index (χ3v) is 3.87. The van der Waals surface area contributed by atoms with E-state index in [1.54, 1.807) is 0 Å². The first-order valence-electron chi connectivity index (χ1n) is 7.20. The second kappa shape index (κ2) is 8.36. The maximum atomic E-state index is 11.8. The number of aryl methyl sites for hydroxylation is 1. The molecule has 0 aliphatic rings. The largest absolute Gasteiger partial charge is 0.444 e. The number of hydrogen-bond acceptors (Lipinski definition) is 3. The minimum atomic E-state index is -0.510. The second-order valence-electron chi connectivity index (χ2n) is 6.04. The van der Waals surface area contributed by atoms with E-state index in [2.05, 4.69) is 33.2 Å². The summed E-state index contributed by atoms with van der Waals surface area (Å²) in [5.74, 6) is -0.0642. The van der Waals surface area contributed by atoms with Gasteiger partial charge in [0.2, 0.25) is 5.91 Å². The molecular formula is C16H23IN2O3. The lowest BCUT2D eigenvalue weighted by Gasteiger charge is -2.19. The average molecular weight is 418 g/mol. The van der Waals surface area contributed by atoms with E-state index in [1.807, 2.05) is 45.9 Å². The van der Waals surface area contributed by atoms with Gasteiger partial charge in [-0.3, -0.25) is 4.79 Å². The van der Waals surface area contributed by atoms with Crippen molar-refractivity contribution >= 4 is 40.3 Å². The smallest absolute Gasteiger partial charge is 0.407 e. The van der Waals surface area contributed by atoms with Gasteiger partial charge in [0, 0.05) is 22.2 Å². The first-order chi connectivity index (χ1) is 10.2. The van der Waals surface area contributed by atoms with Crippen LogP contribution in [-0.4, -0.2) is 24.1 Å². The lowest BCUT2D eigenvalue weighted by Crippen LogP contribution is -2.33. The Labute approximate surface area is 145 Å². The Balaban J connectivity index is 2.26. The molecule has 2 N–H and O–H groups in total. The lowest BCUT2D eigenvalue weighted by atomic mass is 10.2. The van der Waals surface area contributed by atoms with Gasteiger partial charge < -0.3 is 15.4 Å². The van der Waals surface area contributed by atoms with Crippen molar-refractivity contribution in [2.45, 2.75) is 46.1 Å². The van der Waals surface area contributed by atoms with Crippen LogP contribution < -0.4 is 10.6 Å². The maximum absolute atomic E-state index is 11.8. The Hall–Kier alpha value is -1.31. The van der Waals surface area contributed by atoms with Gasteiger partial charge >= 0.3 is 6.09 Å². The fourth-order valence-corrected chi connectivity index (χ4v) is 2.16. The first kappa shape index (κ1) is 18.7. The van der Waals surface area contributed by atoms with Crippen LogP contribution in [0.2, 0.25) is 0 Å². The highest BCUT2D eigenvalue weighted by atomic mass is 127. The van der Waals surface area contributed by atoms with Crippen LogP contribution in [0.1, 0.15) is 39.2 Å². The van der Waals surface area contributed by atoms with Crippen LogP contribution in [0.3, 0.4) is 0 Å². The predicted octanol–water partition coefficient (Wildman–Crippen LogP) is 3.84. The Bertz CT molecular complexity index is 539. The fraction of sp³-hybridized carbons (Fsp3) is 0.500. The molecule has 6 heteroatoms. The summed E-state index contributed by atoms with van der Waals surface area (Å²) in [7, 11) is 0. The number of carbonyl (C=O) groups is 2. The van der Waals surface area contributed by atoms with Crippen LogP contribution in [0.5, 0.6) is 0 Å². The van der Waals surface area contributed by atoms with Gasteiger partial charge in [-0.1, -0.05) is 6.07 Å². The maximum Gasteiger partial charge on any atom is 0.407 e. The molecule has 0 radical (unpaired) electrons. The Kier molecular flexibility index (Phi) is 7.12. The van der Waals surface area contributed by atoms with E-state index in [0.29, 0.717) is 19.4 Å². The molecule has 0 aromatic heterocycles. The highest BCUT2D eigenvalue weighted by Crippen LogP contribution is 2.17. The van der Waals surface area contributed by atoms with Gasteiger partial charge in [-0.15, -0.1) is 0 Å². The van der Waals surface area contributed by atoms with Gasteiger partial charge in [0.15, 0.2) is 0 Å². The highest BCUT2D eigenvalue weighted by molar-refractivity contribution is 14.1. The summed E-state index contributed by atoms with van der Waals surface area (Å²) in [5.41, 5.74) is 1.46. The number of anilines is 1. The molecule has 1 aromatic carbocycles. The Morgan fingerprint density at radius 1 is 1.27 bits per heavy atom. The molecule has 0 atom stereocenters. The van der Waals surface area contributed by atoms with Crippen molar-refractivity contribution in [3.63, 3.8) is 0 Å². The zero-order chi connectivity index (χ0) is 16.8. The zero-order valence-corrected chi connectivity index (χ0v) is 15.6. The molecule has 22 heavy (non-hydrogen) atoms. The van der Waals surface area contributed by atoms with Crippen molar-refractivity contribution in [3.05, 3.63) is 27.3 Å². The number of ether oxygens (including phenoxy) is 1. The molecule has 0 saturated heterocycles. The molecule has 0 unspecified atom stereocenters. The van der Waals surface area contributed by atoms with Gasteiger partial charge in [0.25, 0.3) is 0 Å². The summed E-state index contributed by atoms with van der Waals surface area (Å²) < 4.78 is 6.23. The van der Waals surface area contributed by atoms with Crippen molar-refractivity contribution in [3.8, 4) is 0 Å². The number of alkyl carbamates (subject to hydrolysis) is 1. The molecule has 0 heterocycles. The summed E-state index contributed by atoms with van der Waals surface area (Å²) in [6, 6.07) is 5.79. The number of carbonyl (C=O) groups excluding carboxylic acids is 2. The summed E-state index contributed by atoms with van der Waals surface area (Å²) in [6.07, 6.45) is 0.454. The second-order valence-corrected chi connectivity index (χ2v) is 7.21. The van der Waals surface area contributed by atoms with Gasteiger partial charge in [-0.05, 0) is 74.4 Å². The number of nitrogens with one attached hydrogen (secondary N) is 2. The van der Waals surface area contributed by atoms with Gasteiger partial charge in [0.1, 0.15) is 5.60 Å². The number of rotatable bonds is 5. The molecule has 1 rings (SSSR count). The summed E-state index contributed by atoms with van der Waals surface area (Å²) in [5, 5.41) is 5.48. The molecule has 0 aliphatic heterocycles. The first-order valence-corrected chi connectivity index (χ1v) is 8.28. The van der Waals surface area contributed by atoms with Gasteiger partial charge in [-0.2, -0.15) is 0 Å². The summed E-state index contributed by atoms with van der Waals surface area (Å²) in [6.45, 7) is 7.86. The fourth-order valence-electron chi connectivity index (χ4n) is 1.65. The van der Waals surface area contributed by atoms with Crippen LogP contribution in [-0.2, 0) is 9.53 Å². The molecule has 1 aromatic rings. The monoisotopic (exact) mass is 418 g/mol. The minimum Gasteiger partial charge on any atom is -0.444 e. The zero-order valence-electron chi connectivity index (χ0n) is 13.5. The van der Waals surface area contributed by atoms with E-state index < -0.39 is 11.7 Å². The normalized spacial score (nSPS) is 11.0. The third kappa shape index (κ3) is 7.63. The number of benzene rings is 1. The number of hydrogen-bond donors (Lipinski definition) is 2. The van der Waals surface area contributed by atoms with E-state index >= 15 is 0 Å². The van der Waals surface area contributed by atoms with E-state index in [9.17, 15) is 9.59 Å². The quantitative estimate of drug-likeness (QED) is 0.564. The van der Waals surface area contributed by atoms with Crippen LogP contribution >= 0.6 is 22.6 Å². The van der Waals surface area contributed by atoms with Crippen LogP contribution in [0, 0.1) is 10.5 Å². The Morgan fingerprint density at radius 3 is 2.55 bits per heavy atom. The van der Waals surface area contributed by atoms with Crippen molar-refractivity contribution < 1.29 is 14.3 Å². The molecular weight excluding hydrogens is 395 g/mol. The molecule has 5 nitrogen and oxygen atoms in total.